The first-order valence-electron chi connectivity index (χ1n) is 9.24. The highest BCUT2D eigenvalue weighted by atomic mass is 32.2. The second kappa shape index (κ2) is 9.22. The quantitative estimate of drug-likeness (QED) is 0.330. The summed E-state index contributed by atoms with van der Waals surface area (Å²) in [6.45, 7) is 0.493. The van der Waals surface area contributed by atoms with Crippen molar-refractivity contribution in [2.45, 2.75) is 17.9 Å². The van der Waals surface area contributed by atoms with Crippen LogP contribution in [0.15, 0.2) is 66.0 Å². The average Bonchev–Trinajstić information content (AvgIpc) is 3.17. The molecule has 8 nitrogen and oxygen atoms in total. The first kappa shape index (κ1) is 21.6. The summed E-state index contributed by atoms with van der Waals surface area (Å²) in [6.07, 6.45) is -3.39. The van der Waals surface area contributed by atoms with E-state index in [2.05, 4.69) is 30.3 Å². The molecule has 0 unspecified atom stereocenters. The number of hydrogen-bond acceptors (Lipinski definition) is 7. The van der Waals surface area contributed by atoms with Crippen LogP contribution >= 0.6 is 11.8 Å². The van der Waals surface area contributed by atoms with Crippen LogP contribution in [0.5, 0.6) is 5.75 Å². The zero-order valence-corrected chi connectivity index (χ0v) is 17.1. The largest absolute Gasteiger partial charge is 0.573 e. The van der Waals surface area contributed by atoms with Crippen LogP contribution < -0.4 is 10.1 Å². The normalized spacial score (nSPS) is 11.5. The van der Waals surface area contributed by atoms with Crippen molar-refractivity contribution in [1.29, 1.82) is 0 Å². The number of anilines is 1. The first-order valence-corrected chi connectivity index (χ1v) is 10.2. The van der Waals surface area contributed by atoms with Crippen molar-refractivity contribution in [3.63, 3.8) is 0 Å². The van der Waals surface area contributed by atoms with Gasteiger partial charge in [-0.3, -0.25) is 4.79 Å². The van der Waals surface area contributed by atoms with Gasteiger partial charge in [0.05, 0.1) is 12.3 Å². The molecule has 0 saturated heterocycles. The number of carbonyl (C=O) groups is 1. The van der Waals surface area contributed by atoms with E-state index < -0.39 is 6.36 Å². The molecule has 0 aliphatic carbocycles. The Morgan fingerprint density at radius 3 is 2.53 bits per heavy atom. The highest BCUT2D eigenvalue weighted by Crippen LogP contribution is 2.25. The summed E-state index contributed by atoms with van der Waals surface area (Å²) in [5.74, 6) is -0.715. The van der Waals surface area contributed by atoms with E-state index >= 15 is 0 Å². The Kier molecular flexibility index (Phi) is 6.21. The van der Waals surface area contributed by atoms with E-state index in [1.165, 1.54) is 18.5 Å². The van der Waals surface area contributed by atoms with Crippen molar-refractivity contribution >= 4 is 34.5 Å². The Balaban J connectivity index is 1.38. The van der Waals surface area contributed by atoms with Gasteiger partial charge in [-0.2, -0.15) is 0 Å². The topological polar surface area (TPSA) is 94.8 Å². The molecule has 0 bridgehead atoms. The fraction of sp³-hybridized carbons (Fsp3) is 0.150. The monoisotopic (exact) mass is 460 g/mol. The Hall–Kier alpha value is -3.67. The van der Waals surface area contributed by atoms with Gasteiger partial charge in [0.25, 0.3) is 0 Å². The van der Waals surface area contributed by atoms with Crippen LogP contribution in [-0.2, 0) is 11.3 Å². The minimum Gasteiger partial charge on any atom is -0.406 e. The summed E-state index contributed by atoms with van der Waals surface area (Å²) in [6, 6.07) is 14.6. The van der Waals surface area contributed by atoms with Crippen LogP contribution in [0.1, 0.15) is 5.56 Å². The zero-order chi connectivity index (χ0) is 22.6. The highest BCUT2D eigenvalue weighted by molar-refractivity contribution is 8.00. The van der Waals surface area contributed by atoms with Crippen molar-refractivity contribution in [2.75, 3.05) is 11.1 Å². The number of carbonyl (C=O) groups excluding carboxylic acids is 1. The molecular formula is C20H15F3N6O2S. The third-order valence-electron chi connectivity index (χ3n) is 4.15. The number of amides is 1. The molecule has 0 aliphatic rings. The molecule has 4 rings (SSSR count). The van der Waals surface area contributed by atoms with Crippen LogP contribution in [0.4, 0.5) is 18.9 Å². The zero-order valence-electron chi connectivity index (χ0n) is 16.3. The highest BCUT2D eigenvalue weighted by Gasteiger charge is 2.31. The summed E-state index contributed by atoms with van der Waals surface area (Å²) in [5.41, 5.74) is 2.41. The SMILES string of the molecule is O=C(CSc1ncnc2c1nnn2Cc1ccccc1)Nc1ccc(OC(F)(F)F)cc1. The number of rotatable bonds is 7. The van der Waals surface area contributed by atoms with E-state index in [1.54, 1.807) is 4.68 Å². The van der Waals surface area contributed by atoms with E-state index in [0.29, 0.717) is 28.4 Å². The van der Waals surface area contributed by atoms with Gasteiger partial charge >= 0.3 is 6.36 Å². The average molecular weight is 460 g/mol. The summed E-state index contributed by atoms with van der Waals surface area (Å²) < 4.78 is 42.1. The van der Waals surface area contributed by atoms with Crippen molar-refractivity contribution in [1.82, 2.24) is 25.0 Å². The molecule has 2 aromatic carbocycles. The maximum Gasteiger partial charge on any atom is 0.573 e. The van der Waals surface area contributed by atoms with E-state index in [9.17, 15) is 18.0 Å². The summed E-state index contributed by atoms with van der Waals surface area (Å²) in [5, 5.41) is 11.4. The second-order valence-corrected chi connectivity index (χ2v) is 7.46. The van der Waals surface area contributed by atoms with Gasteiger partial charge in [-0.05, 0) is 29.8 Å². The molecule has 12 heteroatoms. The minimum absolute atomic E-state index is 0.0124. The number of fused-ring (bicyclic) bond motifs is 1. The number of aromatic nitrogens is 5. The first-order chi connectivity index (χ1) is 15.4. The molecule has 0 radical (unpaired) electrons. The molecule has 164 valence electrons. The van der Waals surface area contributed by atoms with Crippen molar-refractivity contribution < 1.29 is 22.7 Å². The molecule has 0 atom stereocenters. The summed E-state index contributed by atoms with van der Waals surface area (Å²) in [4.78, 5) is 20.7. The Labute approximate surface area is 183 Å². The molecule has 2 heterocycles. The van der Waals surface area contributed by atoms with Crippen LogP contribution in [0, 0.1) is 0 Å². The fourth-order valence-electron chi connectivity index (χ4n) is 2.81. The molecule has 0 spiro atoms. The number of nitrogens with one attached hydrogen (secondary N) is 1. The van der Waals surface area contributed by atoms with Crippen molar-refractivity contribution in [3.8, 4) is 5.75 Å². The molecule has 32 heavy (non-hydrogen) atoms. The van der Waals surface area contributed by atoms with Gasteiger partial charge in [-0.1, -0.05) is 47.3 Å². The number of nitrogens with zero attached hydrogens (tertiary/aromatic N) is 5. The minimum atomic E-state index is -4.77. The van der Waals surface area contributed by atoms with E-state index in [0.717, 1.165) is 29.5 Å². The maximum atomic E-state index is 12.3. The van der Waals surface area contributed by atoms with Gasteiger partial charge in [0.1, 0.15) is 17.1 Å². The maximum absolute atomic E-state index is 12.3. The van der Waals surface area contributed by atoms with Gasteiger partial charge in [-0.25, -0.2) is 14.6 Å². The number of thioether (sulfide) groups is 1. The smallest absolute Gasteiger partial charge is 0.406 e. The predicted octanol–water partition coefficient (Wildman–Crippen LogP) is 3.90. The number of hydrogen-bond donors (Lipinski definition) is 1. The van der Waals surface area contributed by atoms with Crippen LogP contribution in [0.25, 0.3) is 11.2 Å². The molecular weight excluding hydrogens is 445 g/mol. The number of benzene rings is 2. The molecule has 0 aliphatic heterocycles. The Morgan fingerprint density at radius 2 is 1.81 bits per heavy atom. The van der Waals surface area contributed by atoms with E-state index in [-0.39, 0.29) is 17.4 Å². The molecule has 4 aromatic rings. The van der Waals surface area contributed by atoms with Crippen molar-refractivity contribution in [3.05, 3.63) is 66.5 Å². The summed E-state index contributed by atoms with van der Waals surface area (Å²) >= 11 is 1.16. The van der Waals surface area contributed by atoms with Gasteiger partial charge in [-0.15, -0.1) is 18.3 Å². The van der Waals surface area contributed by atoms with E-state index in [4.69, 9.17) is 0 Å². The van der Waals surface area contributed by atoms with E-state index in [1.807, 2.05) is 30.3 Å². The predicted molar refractivity (Wildman–Crippen MR) is 111 cm³/mol. The fourth-order valence-corrected chi connectivity index (χ4v) is 3.54. The number of halogens is 3. The third kappa shape index (κ3) is 5.52. The Morgan fingerprint density at radius 1 is 1.06 bits per heavy atom. The van der Waals surface area contributed by atoms with Crippen LogP contribution in [0.3, 0.4) is 0 Å². The summed E-state index contributed by atoms with van der Waals surface area (Å²) in [7, 11) is 0. The number of alkyl halides is 3. The Bertz CT molecular complexity index is 1220. The lowest BCUT2D eigenvalue weighted by molar-refractivity contribution is -0.274. The van der Waals surface area contributed by atoms with Crippen molar-refractivity contribution in [2.24, 2.45) is 0 Å². The third-order valence-corrected chi connectivity index (χ3v) is 5.13. The lowest BCUT2D eigenvalue weighted by atomic mass is 10.2. The molecule has 0 fully saturated rings. The van der Waals surface area contributed by atoms with Gasteiger partial charge < -0.3 is 10.1 Å². The molecule has 1 N–H and O–H groups in total. The lowest BCUT2D eigenvalue weighted by Gasteiger charge is -2.10. The standard InChI is InChI=1S/C20H15F3N6O2S/c21-20(22,23)31-15-8-6-14(7-9-15)26-16(30)11-32-19-17-18(24-12-25-19)29(28-27-17)10-13-4-2-1-3-5-13/h1-9,12H,10-11H2,(H,26,30). The molecule has 2 aromatic heterocycles. The second-order valence-electron chi connectivity index (χ2n) is 6.49. The van der Waals surface area contributed by atoms with Crippen LogP contribution in [-0.4, -0.2) is 43.0 Å². The molecule has 0 saturated carbocycles. The van der Waals surface area contributed by atoms with Gasteiger partial charge in [0, 0.05) is 5.69 Å². The van der Waals surface area contributed by atoms with Crippen LogP contribution in [0.2, 0.25) is 0 Å². The van der Waals surface area contributed by atoms with Gasteiger partial charge in [0.15, 0.2) is 11.2 Å². The lowest BCUT2D eigenvalue weighted by Crippen LogP contribution is -2.17. The van der Waals surface area contributed by atoms with Gasteiger partial charge in [0.2, 0.25) is 5.91 Å². The number of ether oxygens (including phenoxy) is 1. The molecule has 1 amide bonds.